The molecule has 2 aromatic carbocycles. The van der Waals surface area contributed by atoms with Gasteiger partial charge in [-0.15, -0.1) is 11.6 Å². The first-order chi connectivity index (χ1) is 13.1. The summed E-state index contributed by atoms with van der Waals surface area (Å²) in [5, 5.41) is 0. The van der Waals surface area contributed by atoms with Crippen molar-refractivity contribution >= 4 is 28.6 Å². The molecule has 1 atom stereocenters. The Hall–Kier alpha value is -2.47. The number of amides is 1. The highest BCUT2D eigenvalue weighted by Gasteiger charge is 2.33. The Kier molecular flexibility index (Phi) is 4.83. The molecular formula is C20H17ClF2N2O2. The van der Waals surface area contributed by atoms with Gasteiger partial charge >= 0.3 is 0 Å². The van der Waals surface area contributed by atoms with Crippen molar-refractivity contribution in [3.63, 3.8) is 0 Å². The Morgan fingerprint density at radius 1 is 1.26 bits per heavy atom. The summed E-state index contributed by atoms with van der Waals surface area (Å²) in [7, 11) is 0. The van der Waals surface area contributed by atoms with Crippen LogP contribution in [0.25, 0.3) is 22.2 Å². The van der Waals surface area contributed by atoms with Gasteiger partial charge in [0.05, 0.1) is 0 Å². The zero-order chi connectivity index (χ0) is 19.0. The van der Waals surface area contributed by atoms with E-state index in [1.54, 1.807) is 23.1 Å². The summed E-state index contributed by atoms with van der Waals surface area (Å²) >= 11 is 5.69. The lowest BCUT2D eigenvalue weighted by Crippen LogP contribution is -2.30. The van der Waals surface area contributed by atoms with Gasteiger partial charge in [0.25, 0.3) is 0 Å². The van der Waals surface area contributed by atoms with Crippen LogP contribution in [0.2, 0.25) is 0 Å². The number of likely N-dealkylation sites (tertiary alicyclic amines) is 1. The van der Waals surface area contributed by atoms with Gasteiger partial charge in [0.15, 0.2) is 5.58 Å². The maximum atomic E-state index is 14.1. The van der Waals surface area contributed by atoms with Gasteiger partial charge in [0.2, 0.25) is 11.8 Å². The third kappa shape index (κ3) is 3.41. The molecule has 1 aliphatic heterocycles. The van der Waals surface area contributed by atoms with Gasteiger partial charge in [-0.3, -0.25) is 4.79 Å². The van der Waals surface area contributed by atoms with Crippen molar-refractivity contribution in [2.75, 3.05) is 12.4 Å². The normalized spacial score (nSPS) is 17.0. The van der Waals surface area contributed by atoms with Crippen LogP contribution in [0.5, 0.6) is 0 Å². The average Bonchev–Trinajstić information content (AvgIpc) is 3.28. The SMILES string of the molecule is O=C(CCCl)N1CCC[C@@H]1c1nc2cc(-c3ccc(F)cc3F)ccc2o1. The van der Waals surface area contributed by atoms with Crippen LogP contribution in [0.3, 0.4) is 0 Å². The Bertz CT molecular complexity index is 1000. The molecule has 1 fully saturated rings. The Morgan fingerprint density at radius 2 is 2.11 bits per heavy atom. The fourth-order valence-electron chi connectivity index (χ4n) is 3.53. The molecule has 0 bridgehead atoms. The number of halogens is 3. The van der Waals surface area contributed by atoms with Gasteiger partial charge in [-0.2, -0.15) is 0 Å². The second kappa shape index (κ2) is 7.27. The van der Waals surface area contributed by atoms with Crippen molar-refractivity contribution in [2.24, 2.45) is 0 Å². The number of rotatable bonds is 4. The van der Waals surface area contributed by atoms with Crippen LogP contribution in [0.15, 0.2) is 40.8 Å². The first kappa shape index (κ1) is 17.9. The van der Waals surface area contributed by atoms with E-state index in [9.17, 15) is 13.6 Å². The lowest BCUT2D eigenvalue weighted by Gasteiger charge is -2.21. The number of aromatic nitrogens is 1. The van der Waals surface area contributed by atoms with E-state index in [4.69, 9.17) is 16.0 Å². The smallest absolute Gasteiger partial charge is 0.224 e. The fourth-order valence-corrected chi connectivity index (χ4v) is 3.69. The Labute approximate surface area is 159 Å². The van der Waals surface area contributed by atoms with Crippen molar-refractivity contribution in [2.45, 2.75) is 25.3 Å². The van der Waals surface area contributed by atoms with E-state index in [1.165, 1.54) is 12.1 Å². The number of fused-ring (bicyclic) bond motifs is 1. The van der Waals surface area contributed by atoms with E-state index < -0.39 is 11.6 Å². The van der Waals surface area contributed by atoms with Crippen molar-refractivity contribution in [3.05, 3.63) is 53.9 Å². The number of benzene rings is 2. The van der Waals surface area contributed by atoms with Gasteiger partial charge in [-0.05, 0) is 42.7 Å². The molecule has 0 radical (unpaired) electrons. The maximum Gasteiger partial charge on any atom is 0.224 e. The molecule has 1 amide bonds. The number of carbonyl (C=O) groups is 1. The van der Waals surface area contributed by atoms with E-state index >= 15 is 0 Å². The highest BCUT2D eigenvalue weighted by Crippen LogP contribution is 2.35. The first-order valence-corrected chi connectivity index (χ1v) is 9.31. The summed E-state index contributed by atoms with van der Waals surface area (Å²) < 4.78 is 33.1. The highest BCUT2D eigenvalue weighted by molar-refractivity contribution is 6.18. The predicted molar refractivity (Wildman–Crippen MR) is 98.4 cm³/mol. The molecule has 27 heavy (non-hydrogen) atoms. The Morgan fingerprint density at radius 3 is 2.89 bits per heavy atom. The predicted octanol–water partition coefficient (Wildman–Crippen LogP) is 5.07. The van der Waals surface area contributed by atoms with E-state index in [2.05, 4.69) is 4.98 Å². The third-order valence-corrected chi connectivity index (χ3v) is 5.00. The van der Waals surface area contributed by atoms with Crippen molar-refractivity contribution in [3.8, 4) is 11.1 Å². The second-order valence-electron chi connectivity index (χ2n) is 6.54. The highest BCUT2D eigenvalue weighted by atomic mass is 35.5. The van der Waals surface area contributed by atoms with Crippen molar-refractivity contribution < 1.29 is 18.0 Å². The quantitative estimate of drug-likeness (QED) is 0.584. The minimum atomic E-state index is -0.633. The van der Waals surface area contributed by atoms with Crippen LogP contribution in [-0.4, -0.2) is 28.2 Å². The molecule has 0 N–H and O–H groups in total. The minimum Gasteiger partial charge on any atom is -0.438 e. The van der Waals surface area contributed by atoms with E-state index in [0.717, 1.165) is 18.9 Å². The number of nitrogens with zero attached hydrogens (tertiary/aromatic N) is 2. The zero-order valence-corrected chi connectivity index (χ0v) is 15.2. The summed E-state index contributed by atoms with van der Waals surface area (Å²) in [4.78, 5) is 18.5. The lowest BCUT2D eigenvalue weighted by atomic mass is 10.0. The van der Waals surface area contributed by atoms with Crippen LogP contribution in [0.1, 0.15) is 31.2 Å². The summed E-state index contributed by atoms with van der Waals surface area (Å²) in [6, 6.07) is 8.39. The molecule has 7 heteroatoms. The third-order valence-electron chi connectivity index (χ3n) is 4.81. The van der Waals surface area contributed by atoms with Crippen LogP contribution in [-0.2, 0) is 4.79 Å². The number of hydrogen-bond donors (Lipinski definition) is 0. The molecule has 1 saturated heterocycles. The summed E-state index contributed by atoms with van der Waals surface area (Å²) in [5.41, 5.74) is 2.01. The van der Waals surface area contributed by atoms with Crippen LogP contribution in [0.4, 0.5) is 8.78 Å². The lowest BCUT2D eigenvalue weighted by molar-refractivity contribution is -0.132. The topological polar surface area (TPSA) is 46.3 Å². The first-order valence-electron chi connectivity index (χ1n) is 8.78. The Balaban J connectivity index is 1.68. The second-order valence-corrected chi connectivity index (χ2v) is 6.92. The molecular weight excluding hydrogens is 374 g/mol. The molecule has 0 spiro atoms. The fraction of sp³-hybridized carbons (Fsp3) is 0.300. The van der Waals surface area contributed by atoms with Gasteiger partial charge in [-0.25, -0.2) is 13.8 Å². The summed E-state index contributed by atoms with van der Waals surface area (Å²) in [6.45, 7) is 0.658. The van der Waals surface area contributed by atoms with E-state index in [-0.39, 0.29) is 24.2 Å². The molecule has 1 aliphatic rings. The number of carbonyl (C=O) groups excluding carboxylic acids is 1. The molecule has 0 saturated carbocycles. The van der Waals surface area contributed by atoms with Crippen molar-refractivity contribution in [1.29, 1.82) is 0 Å². The van der Waals surface area contributed by atoms with Crippen LogP contribution in [0, 0.1) is 11.6 Å². The van der Waals surface area contributed by atoms with E-state index in [1.807, 2.05) is 0 Å². The molecule has 140 valence electrons. The largest absolute Gasteiger partial charge is 0.438 e. The van der Waals surface area contributed by atoms with Crippen LogP contribution < -0.4 is 0 Å². The number of hydrogen-bond acceptors (Lipinski definition) is 3. The molecule has 1 aromatic heterocycles. The maximum absolute atomic E-state index is 14.1. The van der Waals surface area contributed by atoms with Crippen LogP contribution >= 0.6 is 11.6 Å². The summed E-state index contributed by atoms with van der Waals surface area (Å²) in [5.74, 6) is -0.510. The molecule has 4 rings (SSSR count). The molecule has 0 unspecified atom stereocenters. The van der Waals surface area contributed by atoms with E-state index in [0.29, 0.717) is 34.7 Å². The van der Waals surface area contributed by atoms with Crippen molar-refractivity contribution in [1.82, 2.24) is 9.88 Å². The molecule has 2 heterocycles. The molecule has 4 nitrogen and oxygen atoms in total. The molecule has 0 aliphatic carbocycles. The standard InChI is InChI=1S/C20H17ClF2N2O2/c21-8-7-19(26)25-9-1-2-17(25)20-24-16-10-12(3-6-18(16)27-20)14-5-4-13(22)11-15(14)23/h3-6,10-11,17H,1-2,7-9H2/t17-/m1/s1. The average molecular weight is 391 g/mol. The monoisotopic (exact) mass is 390 g/mol. The number of alkyl halides is 1. The van der Waals surface area contributed by atoms with Gasteiger partial charge in [0.1, 0.15) is 23.2 Å². The zero-order valence-electron chi connectivity index (χ0n) is 14.4. The number of oxazole rings is 1. The van der Waals surface area contributed by atoms with Gasteiger partial charge in [-0.1, -0.05) is 6.07 Å². The summed E-state index contributed by atoms with van der Waals surface area (Å²) in [6.07, 6.45) is 1.94. The van der Waals surface area contributed by atoms with Gasteiger partial charge in [0, 0.05) is 30.5 Å². The molecule has 3 aromatic rings. The van der Waals surface area contributed by atoms with Gasteiger partial charge < -0.3 is 9.32 Å². The minimum absolute atomic E-state index is 0.0103.